The van der Waals surface area contributed by atoms with Crippen molar-refractivity contribution in [3.63, 3.8) is 0 Å². The van der Waals surface area contributed by atoms with Crippen LogP contribution in [0.1, 0.15) is 23.2 Å². The van der Waals surface area contributed by atoms with Gasteiger partial charge in [-0.3, -0.25) is 14.4 Å². The van der Waals surface area contributed by atoms with Gasteiger partial charge in [0.1, 0.15) is 0 Å². The van der Waals surface area contributed by atoms with E-state index in [9.17, 15) is 22.8 Å². The summed E-state index contributed by atoms with van der Waals surface area (Å²) < 4.78 is 30.0. The van der Waals surface area contributed by atoms with Gasteiger partial charge in [-0.15, -0.1) is 11.8 Å². The molecule has 2 aromatic rings. The summed E-state index contributed by atoms with van der Waals surface area (Å²) in [6, 6.07) is 12.7. The van der Waals surface area contributed by atoms with Crippen molar-refractivity contribution >= 4 is 45.1 Å². The first kappa shape index (κ1) is 24.6. The van der Waals surface area contributed by atoms with Crippen molar-refractivity contribution in [1.29, 1.82) is 0 Å². The zero-order chi connectivity index (χ0) is 23.0. The summed E-state index contributed by atoms with van der Waals surface area (Å²) >= 11 is 1.57. The second-order valence-corrected chi connectivity index (χ2v) is 9.70. The Bertz CT molecular complexity index is 1030. The van der Waals surface area contributed by atoms with Gasteiger partial charge in [-0.05, 0) is 42.7 Å². The molecular weight excluding hydrogens is 440 g/mol. The number of nitrogens with one attached hydrogen (secondary N) is 1. The third kappa shape index (κ3) is 7.20. The molecule has 1 amide bonds. The highest BCUT2D eigenvalue weighted by atomic mass is 32.2. The van der Waals surface area contributed by atoms with Crippen LogP contribution in [0.4, 0.5) is 5.69 Å². The summed E-state index contributed by atoms with van der Waals surface area (Å²) in [6.45, 7) is -0.507. The number of Topliss-reactive ketones (excluding diaryl/α,β-unsaturated/α-hetero) is 1. The molecule has 0 saturated heterocycles. The number of nitrogens with zero attached hydrogens (tertiary/aromatic N) is 1. The van der Waals surface area contributed by atoms with E-state index in [4.69, 9.17) is 4.74 Å². The maximum atomic E-state index is 12.1. The monoisotopic (exact) mass is 464 g/mol. The standard InChI is InChI=1S/C21H24N2O6S2/c1-23(2)31(27,28)18-10-6-16(7-11-18)22-20(25)14-29-21(26)13-12-19(24)15-4-8-17(30-3)9-5-15/h4-11H,12-14H2,1-3H3,(H,22,25). The number of hydrogen-bond acceptors (Lipinski definition) is 7. The van der Waals surface area contributed by atoms with Gasteiger partial charge in [-0.2, -0.15) is 0 Å². The minimum atomic E-state index is -3.56. The summed E-state index contributed by atoms with van der Waals surface area (Å²) in [6.07, 6.45) is 1.79. The zero-order valence-corrected chi connectivity index (χ0v) is 19.1. The lowest BCUT2D eigenvalue weighted by Crippen LogP contribution is -2.22. The minimum Gasteiger partial charge on any atom is -0.456 e. The zero-order valence-electron chi connectivity index (χ0n) is 17.5. The van der Waals surface area contributed by atoms with Crippen molar-refractivity contribution in [1.82, 2.24) is 4.31 Å². The summed E-state index contributed by atoms with van der Waals surface area (Å²) in [5, 5.41) is 2.51. The van der Waals surface area contributed by atoms with E-state index in [0.717, 1.165) is 9.20 Å². The van der Waals surface area contributed by atoms with E-state index in [0.29, 0.717) is 11.3 Å². The second kappa shape index (κ2) is 11.1. The predicted octanol–water partition coefficient (Wildman–Crippen LogP) is 2.80. The van der Waals surface area contributed by atoms with Gasteiger partial charge in [0.25, 0.3) is 5.91 Å². The number of amides is 1. The summed E-state index contributed by atoms with van der Waals surface area (Å²) in [5.74, 6) is -1.41. The first-order chi connectivity index (χ1) is 14.6. The van der Waals surface area contributed by atoms with Gasteiger partial charge in [0.15, 0.2) is 12.4 Å². The molecule has 0 heterocycles. The highest BCUT2D eigenvalue weighted by Crippen LogP contribution is 2.17. The maximum absolute atomic E-state index is 12.1. The van der Waals surface area contributed by atoms with Crippen LogP contribution in [0.2, 0.25) is 0 Å². The Balaban J connectivity index is 1.77. The smallest absolute Gasteiger partial charge is 0.306 e. The lowest BCUT2D eigenvalue weighted by atomic mass is 10.1. The van der Waals surface area contributed by atoms with Crippen LogP contribution >= 0.6 is 11.8 Å². The van der Waals surface area contributed by atoms with Gasteiger partial charge < -0.3 is 10.1 Å². The summed E-state index contributed by atoms with van der Waals surface area (Å²) in [5.41, 5.74) is 0.880. The lowest BCUT2D eigenvalue weighted by molar-refractivity contribution is -0.147. The van der Waals surface area contributed by atoms with Crippen LogP contribution in [-0.4, -0.2) is 57.3 Å². The number of sulfonamides is 1. The van der Waals surface area contributed by atoms with Gasteiger partial charge >= 0.3 is 5.97 Å². The van der Waals surface area contributed by atoms with Gasteiger partial charge in [-0.25, -0.2) is 12.7 Å². The van der Waals surface area contributed by atoms with Gasteiger partial charge in [-0.1, -0.05) is 12.1 Å². The molecule has 0 spiro atoms. The largest absolute Gasteiger partial charge is 0.456 e. The average molecular weight is 465 g/mol. The van der Waals surface area contributed by atoms with Crippen LogP contribution < -0.4 is 5.32 Å². The Morgan fingerprint density at radius 1 is 0.968 bits per heavy atom. The molecule has 166 valence electrons. The molecule has 0 aliphatic rings. The van der Waals surface area contributed by atoms with Crippen LogP contribution in [0.3, 0.4) is 0 Å². The fourth-order valence-corrected chi connectivity index (χ4v) is 3.78. The number of benzene rings is 2. The third-order valence-electron chi connectivity index (χ3n) is 4.25. The lowest BCUT2D eigenvalue weighted by Gasteiger charge is -2.12. The Kier molecular flexibility index (Phi) is 8.78. The average Bonchev–Trinajstić information content (AvgIpc) is 2.76. The molecule has 1 N–H and O–H groups in total. The van der Waals surface area contributed by atoms with Crippen molar-refractivity contribution < 1.29 is 27.5 Å². The van der Waals surface area contributed by atoms with E-state index in [1.54, 1.807) is 23.9 Å². The van der Waals surface area contributed by atoms with E-state index in [1.807, 2.05) is 18.4 Å². The number of rotatable bonds is 10. The van der Waals surface area contributed by atoms with E-state index in [-0.39, 0.29) is 23.5 Å². The van der Waals surface area contributed by atoms with Crippen LogP contribution in [0.25, 0.3) is 0 Å². The van der Waals surface area contributed by atoms with E-state index in [1.165, 1.54) is 38.4 Å². The van der Waals surface area contributed by atoms with Crippen LogP contribution in [-0.2, 0) is 24.3 Å². The van der Waals surface area contributed by atoms with Crippen molar-refractivity contribution in [2.45, 2.75) is 22.6 Å². The molecule has 31 heavy (non-hydrogen) atoms. The van der Waals surface area contributed by atoms with Crippen molar-refractivity contribution in [3.8, 4) is 0 Å². The molecule has 0 aliphatic heterocycles. The number of ether oxygens (including phenoxy) is 1. The van der Waals surface area contributed by atoms with E-state index >= 15 is 0 Å². The molecule has 2 aromatic carbocycles. The Morgan fingerprint density at radius 3 is 2.13 bits per heavy atom. The summed E-state index contributed by atoms with van der Waals surface area (Å²) in [4.78, 5) is 37.0. The number of esters is 1. The number of carbonyl (C=O) groups is 3. The second-order valence-electron chi connectivity index (χ2n) is 6.67. The topological polar surface area (TPSA) is 110 Å². The number of ketones is 1. The van der Waals surface area contributed by atoms with Crippen molar-refractivity contribution in [2.75, 3.05) is 32.3 Å². The molecule has 0 saturated carbocycles. The molecule has 0 aliphatic carbocycles. The van der Waals surface area contributed by atoms with Gasteiger partial charge in [0, 0.05) is 36.7 Å². The van der Waals surface area contributed by atoms with E-state index < -0.39 is 28.5 Å². The fraction of sp³-hybridized carbons (Fsp3) is 0.286. The fourth-order valence-electron chi connectivity index (χ4n) is 2.47. The molecule has 0 bridgehead atoms. The molecule has 0 aromatic heterocycles. The molecule has 0 unspecified atom stereocenters. The number of carbonyl (C=O) groups excluding carboxylic acids is 3. The molecule has 2 rings (SSSR count). The molecular formula is C21H24N2O6S2. The highest BCUT2D eigenvalue weighted by Gasteiger charge is 2.17. The van der Waals surface area contributed by atoms with Gasteiger partial charge in [0.2, 0.25) is 10.0 Å². The van der Waals surface area contributed by atoms with Crippen molar-refractivity contribution in [2.24, 2.45) is 0 Å². The van der Waals surface area contributed by atoms with E-state index in [2.05, 4.69) is 5.32 Å². The molecule has 0 fully saturated rings. The first-order valence-corrected chi connectivity index (χ1v) is 12.0. The summed E-state index contributed by atoms with van der Waals surface area (Å²) in [7, 11) is -0.709. The van der Waals surface area contributed by atoms with Crippen LogP contribution in [0.5, 0.6) is 0 Å². The highest BCUT2D eigenvalue weighted by molar-refractivity contribution is 7.98. The SMILES string of the molecule is CSc1ccc(C(=O)CCC(=O)OCC(=O)Nc2ccc(S(=O)(=O)N(C)C)cc2)cc1. The molecule has 0 radical (unpaired) electrons. The molecule has 0 atom stereocenters. The first-order valence-electron chi connectivity index (χ1n) is 9.29. The van der Waals surface area contributed by atoms with Crippen LogP contribution in [0.15, 0.2) is 58.3 Å². The quantitative estimate of drug-likeness (QED) is 0.327. The van der Waals surface area contributed by atoms with Crippen LogP contribution in [0, 0.1) is 0 Å². The predicted molar refractivity (Wildman–Crippen MR) is 119 cm³/mol. The number of anilines is 1. The normalized spacial score (nSPS) is 11.2. The minimum absolute atomic E-state index is 0.0130. The molecule has 8 nitrogen and oxygen atoms in total. The molecule has 10 heteroatoms. The number of hydrogen-bond donors (Lipinski definition) is 1. The third-order valence-corrected chi connectivity index (χ3v) is 6.82. The van der Waals surface area contributed by atoms with Crippen molar-refractivity contribution in [3.05, 3.63) is 54.1 Å². The Labute approximate surface area is 186 Å². The Morgan fingerprint density at radius 2 is 1.58 bits per heavy atom. The van der Waals surface area contributed by atoms with Gasteiger partial charge in [0.05, 0.1) is 11.3 Å². The number of thioether (sulfide) groups is 1. The maximum Gasteiger partial charge on any atom is 0.306 e. The Hall–Kier alpha value is -2.69.